The normalized spacial score (nSPS) is 20.8. The first-order valence-electron chi connectivity index (χ1n) is 12.4. The Kier molecular flexibility index (Phi) is 8.03. The van der Waals surface area contributed by atoms with Gasteiger partial charge in [-0.25, -0.2) is 14.5 Å². The highest BCUT2D eigenvalue weighted by molar-refractivity contribution is 9.10. The molecule has 3 amide bonds. The number of nitrogens with zero attached hydrogens (tertiary/aromatic N) is 2. The number of likely N-dealkylation sites (tertiary alicyclic amines) is 1. The number of amides is 3. The summed E-state index contributed by atoms with van der Waals surface area (Å²) < 4.78 is 11.8. The summed E-state index contributed by atoms with van der Waals surface area (Å²) >= 11 is 3.46. The molecule has 0 saturated carbocycles. The van der Waals surface area contributed by atoms with Crippen molar-refractivity contribution in [2.45, 2.75) is 51.7 Å². The van der Waals surface area contributed by atoms with Gasteiger partial charge in [0.25, 0.3) is 0 Å². The van der Waals surface area contributed by atoms with Crippen molar-refractivity contribution < 1.29 is 23.9 Å². The Morgan fingerprint density at radius 2 is 1.78 bits per heavy atom. The fourth-order valence-corrected chi connectivity index (χ4v) is 5.15. The standard InChI is InChI=1S/C28H33BrN2O5/c1-28(2,3)36-26(33)30-14-13-21(17-30)24(16-20-9-11-22(29)12-10-20)25(32)31-23(18-35-27(31)34)15-19-7-5-4-6-8-19/h4-12,21,23-24H,13-18H2,1-3H3/t21-,23-,24-/m0/s1. The van der Waals surface area contributed by atoms with E-state index in [1.165, 1.54) is 4.90 Å². The molecule has 2 fully saturated rings. The van der Waals surface area contributed by atoms with Crippen molar-refractivity contribution in [1.82, 2.24) is 9.80 Å². The number of cyclic esters (lactones) is 1. The summed E-state index contributed by atoms with van der Waals surface area (Å²) in [4.78, 5) is 42.4. The Balaban J connectivity index is 1.56. The van der Waals surface area contributed by atoms with Gasteiger partial charge in [-0.2, -0.15) is 0 Å². The third-order valence-electron chi connectivity index (χ3n) is 6.64. The molecule has 3 atom stereocenters. The van der Waals surface area contributed by atoms with Gasteiger partial charge in [0.2, 0.25) is 5.91 Å². The molecule has 2 aliphatic heterocycles. The maximum absolute atomic E-state index is 14.0. The lowest BCUT2D eigenvalue weighted by molar-refractivity contribution is -0.135. The van der Waals surface area contributed by atoms with E-state index in [1.54, 1.807) is 4.90 Å². The molecule has 0 aliphatic carbocycles. The van der Waals surface area contributed by atoms with Gasteiger partial charge in [0.1, 0.15) is 12.2 Å². The van der Waals surface area contributed by atoms with Crippen LogP contribution in [0.5, 0.6) is 0 Å². The molecule has 0 spiro atoms. The molecule has 2 saturated heterocycles. The molecule has 2 aliphatic rings. The van der Waals surface area contributed by atoms with E-state index < -0.39 is 17.6 Å². The van der Waals surface area contributed by atoms with Crippen LogP contribution in [-0.4, -0.2) is 59.2 Å². The van der Waals surface area contributed by atoms with Crippen molar-refractivity contribution in [2.75, 3.05) is 19.7 Å². The molecule has 8 heteroatoms. The lowest BCUT2D eigenvalue weighted by Gasteiger charge is -2.29. The molecule has 0 unspecified atom stereocenters. The van der Waals surface area contributed by atoms with Crippen molar-refractivity contribution in [3.63, 3.8) is 0 Å². The minimum atomic E-state index is -0.594. The van der Waals surface area contributed by atoms with Crippen LogP contribution >= 0.6 is 15.9 Å². The summed E-state index contributed by atoms with van der Waals surface area (Å²) in [5, 5.41) is 0. The topological polar surface area (TPSA) is 76.2 Å². The number of ether oxygens (including phenoxy) is 2. The highest BCUT2D eigenvalue weighted by atomic mass is 79.9. The van der Waals surface area contributed by atoms with E-state index in [9.17, 15) is 14.4 Å². The van der Waals surface area contributed by atoms with Gasteiger partial charge in [-0.1, -0.05) is 58.4 Å². The second-order valence-electron chi connectivity index (χ2n) is 10.5. The van der Waals surface area contributed by atoms with E-state index in [2.05, 4.69) is 15.9 Å². The van der Waals surface area contributed by atoms with Gasteiger partial charge in [-0.15, -0.1) is 0 Å². The molecule has 0 N–H and O–H groups in total. The number of carbonyl (C=O) groups excluding carboxylic acids is 3. The lowest BCUT2D eigenvalue weighted by atomic mass is 9.84. The summed E-state index contributed by atoms with van der Waals surface area (Å²) in [6, 6.07) is 17.3. The second-order valence-corrected chi connectivity index (χ2v) is 11.5. The molecule has 192 valence electrons. The van der Waals surface area contributed by atoms with Gasteiger partial charge in [0.05, 0.1) is 6.04 Å². The summed E-state index contributed by atoms with van der Waals surface area (Å²) in [5.74, 6) is -0.806. The third-order valence-corrected chi connectivity index (χ3v) is 7.17. The van der Waals surface area contributed by atoms with E-state index in [-0.39, 0.29) is 30.6 Å². The fraction of sp³-hybridized carbons (Fsp3) is 0.464. The zero-order chi connectivity index (χ0) is 25.9. The van der Waals surface area contributed by atoms with Crippen LogP contribution in [0.1, 0.15) is 38.3 Å². The quantitative estimate of drug-likeness (QED) is 0.472. The number of halogens is 1. The van der Waals surface area contributed by atoms with E-state index in [0.717, 1.165) is 15.6 Å². The Hall–Kier alpha value is -2.87. The number of rotatable bonds is 6. The van der Waals surface area contributed by atoms with Crippen LogP contribution in [0.4, 0.5) is 9.59 Å². The molecule has 2 heterocycles. The minimum Gasteiger partial charge on any atom is -0.447 e. The predicted molar refractivity (Wildman–Crippen MR) is 139 cm³/mol. The first-order valence-corrected chi connectivity index (χ1v) is 13.2. The van der Waals surface area contributed by atoms with Crippen LogP contribution in [0.2, 0.25) is 0 Å². The highest BCUT2D eigenvalue weighted by Crippen LogP contribution is 2.32. The largest absolute Gasteiger partial charge is 0.447 e. The molecular weight excluding hydrogens is 524 g/mol. The maximum Gasteiger partial charge on any atom is 0.416 e. The Morgan fingerprint density at radius 1 is 1.08 bits per heavy atom. The SMILES string of the molecule is CC(C)(C)OC(=O)N1CC[C@H]([C@H](Cc2ccc(Br)cc2)C(=O)N2C(=O)OC[C@@H]2Cc2ccccc2)C1. The van der Waals surface area contributed by atoms with E-state index in [4.69, 9.17) is 9.47 Å². The number of benzene rings is 2. The summed E-state index contributed by atoms with van der Waals surface area (Å²) in [7, 11) is 0. The van der Waals surface area contributed by atoms with Gasteiger partial charge in [-0.3, -0.25) is 4.79 Å². The average molecular weight is 557 g/mol. The van der Waals surface area contributed by atoms with Crippen LogP contribution in [0.25, 0.3) is 0 Å². The zero-order valence-corrected chi connectivity index (χ0v) is 22.6. The average Bonchev–Trinajstić information content (AvgIpc) is 3.45. The molecule has 2 aromatic rings. The van der Waals surface area contributed by atoms with E-state index in [1.807, 2.05) is 75.4 Å². The molecule has 36 heavy (non-hydrogen) atoms. The van der Waals surface area contributed by atoms with Crippen molar-refractivity contribution >= 4 is 34.0 Å². The molecule has 0 radical (unpaired) electrons. The van der Waals surface area contributed by atoms with Gasteiger partial charge >= 0.3 is 12.2 Å². The van der Waals surface area contributed by atoms with Crippen molar-refractivity contribution in [3.8, 4) is 0 Å². The Labute approximate surface area is 220 Å². The lowest BCUT2D eigenvalue weighted by Crippen LogP contribution is -2.46. The van der Waals surface area contributed by atoms with Crippen molar-refractivity contribution in [3.05, 3.63) is 70.2 Å². The van der Waals surface area contributed by atoms with Crippen molar-refractivity contribution in [2.24, 2.45) is 11.8 Å². The smallest absolute Gasteiger partial charge is 0.416 e. The summed E-state index contributed by atoms with van der Waals surface area (Å²) in [5.41, 5.74) is 1.45. The molecule has 2 aromatic carbocycles. The van der Waals surface area contributed by atoms with Crippen LogP contribution in [-0.2, 0) is 27.1 Å². The number of hydrogen-bond acceptors (Lipinski definition) is 5. The van der Waals surface area contributed by atoms with Gasteiger partial charge in [0, 0.05) is 23.5 Å². The van der Waals surface area contributed by atoms with Crippen LogP contribution in [0.15, 0.2) is 59.1 Å². The zero-order valence-electron chi connectivity index (χ0n) is 21.0. The first kappa shape index (κ1) is 26.2. The van der Waals surface area contributed by atoms with Crippen molar-refractivity contribution in [1.29, 1.82) is 0 Å². The first-order chi connectivity index (χ1) is 17.1. The van der Waals surface area contributed by atoms with Gasteiger partial charge < -0.3 is 14.4 Å². The Morgan fingerprint density at radius 3 is 2.44 bits per heavy atom. The minimum absolute atomic E-state index is 0.0977. The number of hydrogen-bond donors (Lipinski definition) is 0. The van der Waals surface area contributed by atoms with E-state index in [0.29, 0.717) is 32.4 Å². The predicted octanol–water partition coefficient (Wildman–Crippen LogP) is 5.45. The van der Waals surface area contributed by atoms with Gasteiger partial charge in [0.15, 0.2) is 0 Å². The summed E-state index contributed by atoms with van der Waals surface area (Å²) in [6.45, 7) is 6.62. The third kappa shape index (κ3) is 6.46. The highest BCUT2D eigenvalue weighted by Gasteiger charge is 2.45. The van der Waals surface area contributed by atoms with Crippen LogP contribution in [0.3, 0.4) is 0 Å². The van der Waals surface area contributed by atoms with E-state index >= 15 is 0 Å². The number of carbonyl (C=O) groups is 3. The van der Waals surface area contributed by atoms with Gasteiger partial charge in [-0.05, 0) is 69.2 Å². The Bertz CT molecular complexity index is 1080. The van der Waals surface area contributed by atoms with Crippen LogP contribution < -0.4 is 0 Å². The maximum atomic E-state index is 14.0. The molecule has 7 nitrogen and oxygen atoms in total. The monoisotopic (exact) mass is 556 g/mol. The molecule has 4 rings (SSSR count). The molecule has 0 bridgehead atoms. The number of imide groups is 1. The molecule has 0 aromatic heterocycles. The summed E-state index contributed by atoms with van der Waals surface area (Å²) in [6.07, 6.45) is 0.711. The second kappa shape index (κ2) is 11.0. The van der Waals surface area contributed by atoms with Crippen LogP contribution in [0, 0.1) is 11.8 Å². The fourth-order valence-electron chi connectivity index (χ4n) is 4.88. The molecular formula is C28H33BrN2O5.